The van der Waals surface area contributed by atoms with Crippen LogP contribution in [0.25, 0.3) is 0 Å². The molecule has 6 rings (SSSR count). The lowest BCUT2D eigenvalue weighted by Crippen LogP contribution is -2.52. The number of ether oxygens (including phenoxy) is 2. The third-order valence-corrected chi connectivity index (χ3v) is 10.5. The third-order valence-electron chi connectivity index (χ3n) is 10.5. The van der Waals surface area contributed by atoms with E-state index in [4.69, 9.17) is 9.47 Å². The van der Waals surface area contributed by atoms with Crippen molar-refractivity contribution in [3.05, 3.63) is 108 Å². The average molecular weight is 523 g/mol. The van der Waals surface area contributed by atoms with Gasteiger partial charge >= 0.3 is 11.9 Å². The molecule has 0 N–H and O–H groups in total. The van der Waals surface area contributed by atoms with Gasteiger partial charge in [-0.1, -0.05) is 75.1 Å². The number of fused-ring (bicyclic) bond motifs is 5. The Kier molecular flexibility index (Phi) is 6.40. The van der Waals surface area contributed by atoms with Crippen molar-refractivity contribution < 1.29 is 19.1 Å². The lowest BCUT2D eigenvalue weighted by atomic mass is 9.47. The molecule has 0 heterocycles. The van der Waals surface area contributed by atoms with Crippen molar-refractivity contribution >= 4 is 11.9 Å². The first-order valence-corrected chi connectivity index (χ1v) is 14.3. The Balaban J connectivity index is 1.21. The minimum atomic E-state index is -0.352. The maximum Gasteiger partial charge on any atom is 0.338 e. The summed E-state index contributed by atoms with van der Waals surface area (Å²) in [5.74, 6) is 0.671. The molecule has 202 valence electrons. The molecule has 3 saturated carbocycles. The molecule has 0 spiro atoms. The predicted molar refractivity (Wildman–Crippen MR) is 152 cm³/mol. The molecule has 0 aliphatic heterocycles. The Morgan fingerprint density at radius 3 is 2.08 bits per heavy atom. The van der Waals surface area contributed by atoms with Gasteiger partial charge in [0, 0.05) is 11.8 Å². The van der Waals surface area contributed by atoms with Crippen LogP contribution in [0, 0.1) is 28.6 Å². The second-order valence-electron chi connectivity index (χ2n) is 12.5. The highest BCUT2D eigenvalue weighted by Gasteiger charge is 2.62. The smallest absolute Gasteiger partial charge is 0.338 e. The predicted octanol–water partition coefficient (Wildman–Crippen LogP) is 7.73. The SMILES string of the molecule is C=C1C(=C)[C@H]2[C@@H]3CC=C4CC(OC(=O)c5ccccc5)CC[C@]4(C)[C@@H]3CC[C@]2(C)C1OC(=O)c1ccccc1. The van der Waals surface area contributed by atoms with Crippen LogP contribution in [0.1, 0.15) is 73.1 Å². The Bertz CT molecular complexity index is 1340. The van der Waals surface area contributed by atoms with Gasteiger partial charge in [-0.2, -0.15) is 0 Å². The molecule has 2 aromatic rings. The highest BCUT2D eigenvalue weighted by atomic mass is 16.5. The molecule has 4 aliphatic rings. The summed E-state index contributed by atoms with van der Waals surface area (Å²) in [7, 11) is 0. The monoisotopic (exact) mass is 522 g/mol. The molecule has 0 bridgehead atoms. The Labute approximate surface area is 231 Å². The highest BCUT2D eigenvalue weighted by Crippen LogP contribution is 2.67. The average Bonchev–Trinajstić information content (AvgIpc) is 3.14. The lowest BCUT2D eigenvalue weighted by Gasteiger charge is -2.57. The molecule has 4 nitrogen and oxygen atoms in total. The topological polar surface area (TPSA) is 52.6 Å². The Morgan fingerprint density at radius 2 is 1.44 bits per heavy atom. The number of hydrogen-bond acceptors (Lipinski definition) is 4. The second-order valence-corrected chi connectivity index (χ2v) is 12.5. The molecule has 7 atom stereocenters. The zero-order chi connectivity index (χ0) is 27.4. The van der Waals surface area contributed by atoms with Crippen molar-refractivity contribution in [2.24, 2.45) is 28.6 Å². The first-order valence-electron chi connectivity index (χ1n) is 14.3. The van der Waals surface area contributed by atoms with Crippen LogP contribution < -0.4 is 0 Å². The van der Waals surface area contributed by atoms with Gasteiger partial charge in [-0.25, -0.2) is 9.59 Å². The van der Waals surface area contributed by atoms with Crippen LogP contribution in [0.15, 0.2) is 96.6 Å². The van der Waals surface area contributed by atoms with Crippen LogP contribution in [0.4, 0.5) is 0 Å². The fraction of sp³-hybridized carbons (Fsp3) is 0.429. The molecule has 4 heteroatoms. The Morgan fingerprint density at radius 1 is 0.821 bits per heavy atom. The van der Waals surface area contributed by atoms with E-state index >= 15 is 0 Å². The molecule has 0 saturated heterocycles. The number of rotatable bonds is 4. The van der Waals surface area contributed by atoms with E-state index in [1.165, 1.54) is 5.57 Å². The number of hydrogen-bond donors (Lipinski definition) is 0. The summed E-state index contributed by atoms with van der Waals surface area (Å²) >= 11 is 0. The van der Waals surface area contributed by atoms with E-state index in [1.807, 2.05) is 48.5 Å². The normalized spacial score (nSPS) is 35.2. The minimum absolute atomic E-state index is 0.0783. The van der Waals surface area contributed by atoms with Gasteiger partial charge in [-0.05, 0) is 90.7 Å². The van der Waals surface area contributed by atoms with E-state index in [0.29, 0.717) is 23.0 Å². The van der Waals surface area contributed by atoms with Crippen LogP contribution in [0.2, 0.25) is 0 Å². The van der Waals surface area contributed by atoms with E-state index in [1.54, 1.807) is 12.1 Å². The first kappa shape index (κ1) is 25.9. The van der Waals surface area contributed by atoms with Gasteiger partial charge in [0.15, 0.2) is 0 Å². The molecule has 39 heavy (non-hydrogen) atoms. The van der Waals surface area contributed by atoms with Crippen molar-refractivity contribution in [3.8, 4) is 0 Å². The van der Waals surface area contributed by atoms with Crippen molar-refractivity contribution in [1.29, 1.82) is 0 Å². The largest absolute Gasteiger partial charge is 0.458 e. The van der Waals surface area contributed by atoms with Crippen molar-refractivity contribution in [2.75, 3.05) is 0 Å². The van der Waals surface area contributed by atoms with Gasteiger partial charge in [0.25, 0.3) is 0 Å². The summed E-state index contributed by atoms with van der Waals surface area (Å²) in [6, 6.07) is 18.5. The lowest BCUT2D eigenvalue weighted by molar-refractivity contribution is -0.0695. The number of carbonyl (C=O) groups is 2. The van der Waals surface area contributed by atoms with Crippen LogP contribution in [0.5, 0.6) is 0 Å². The maximum absolute atomic E-state index is 13.1. The Hall–Kier alpha value is -3.40. The van der Waals surface area contributed by atoms with Gasteiger partial charge in [0.1, 0.15) is 12.2 Å². The molecule has 0 amide bonds. The fourth-order valence-electron chi connectivity index (χ4n) is 8.44. The summed E-state index contributed by atoms with van der Waals surface area (Å²) in [5, 5.41) is 0. The quantitative estimate of drug-likeness (QED) is 0.305. The number of allylic oxidation sites excluding steroid dienone is 1. The molecule has 3 fully saturated rings. The minimum Gasteiger partial charge on any atom is -0.458 e. The summed E-state index contributed by atoms with van der Waals surface area (Å²) in [5.41, 5.74) is 4.44. The van der Waals surface area contributed by atoms with Gasteiger partial charge in [-0.3, -0.25) is 0 Å². The standard InChI is InChI=1S/C35H38O4/c1-22-23(2)31(39-33(37)25-13-9-6-10-14-25)35(4)20-18-29-28(30(22)35)16-15-26-21-27(17-19-34(26,29)3)38-32(36)24-11-7-5-8-12-24/h5-15,27-31H,1-2,16-21H2,3-4H3/t27?,28-,29-,30+,31?,34+,35+/m1/s1. The van der Waals surface area contributed by atoms with Gasteiger partial charge in [0.05, 0.1) is 11.1 Å². The van der Waals surface area contributed by atoms with Crippen molar-refractivity contribution in [1.82, 2.24) is 0 Å². The number of carbonyl (C=O) groups excluding carboxylic acids is 2. The molecule has 0 aromatic heterocycles. The molecular weight excluding hydrogens is 484 g/mol. The van der Waals surface area contributed by atoms with Crippen molar-refractivity contribution in [2.45, 2.75) is 64.6 Å². The summed E-state index contributed by atoms with van der Waals surface area (Å²) < 4.78 is 12.1. The first-order chi connectivity index (χ1) is 18.7. The van der Waals surface area contributed by atoms with Crippen LogP contribution in [0.3, 0.4) is 0 Å². The molecule has 2 aromatic carbocycles. The second kappa shape index (κ2) is 9.66. The van der Waals surface area contributed by atoms with E-state index in [-0.39, 0.29) is 40.9 Å². The zero-order valence-corrected chi connectivity index (χ0v) is 23.0. The van der Waals surface area contributed by atoms with Gasteiger partial charge in [-0.15, -0.1) is 0 Å². The van der Waals surface area contributed by atoms with Crippen molar-refractivity contribution in [3.63, 3.8) is 0 Å². The van der Waals surface area contributed by atoms with E-state index in [0.717, 1.165) is 49.7 Å². The van der Waals surface area contributed by atoms with Crippen LogP contribution in [-0.2, 0) is 9.47 Å². The van der Waals surface area contributed by atoms with Gasteiger partial charge in [0.2, 0.25) is 0 Å². The fourth-order valence-corrected chi connectivity index (χ4v) is 8.44. The maximum atomic E-state index is 13.1. The summed E-state index contributed by atoms with van der Waals surface area (Å²) in [6.07, 6.45) is 7.72. The van der Waals surface area contributed by atoms with Crippen LogP contribution >= 0.6 is 0 Å². The van der Waals surface area contributed by atoms with Crippen LogP contribution in [-0.4, -0.2) is 24.1 Å². The van der Waals surface area contributed by atoms with Gasteiger partial charge < -0.3 is 9.47 Å². The summed E-state index contributed by atoms with van der Waals surface area (Å²) in [6.45, 7) is 13.6. The third kappa shape index (κ3) is 4.20. The highest BCUT2D eigenvalue weighted by molar-refractivity contribution is 5.90. The molecule has 4 aliphatic carbocycles. The summed E-state index contributed by atoms with van der Waals surface area (Å²) in [4.78, 5) is 25.8. The molecule has 0 radical (unpaired) electrons. The molecule has 2 unspecified atom stereocenters. The van der Waals surface area contributed by atoms with E-state index in [2.05, 4.69) is 33.1 Å². The molecular formula is C35H38O4. The van der Waals surface area contributed by atoms with E-state index in [9.17, 15) is 9.59 Å². The number of esters is 2. The van der Waals surface area contributed by atoms with E-state index < -0.39 is 0 Å². The number of benzene rings is 2. The zero-order valence-electron chi connectivity index (χ0n) is 23.0.